The quantitative estimate of drug-likeness (QED) is 0.743. The summed E-state index contributed by atoms with van der Waals surface area (Å²) < 4.78 is 5.53. The average molecular weight is 286 g/mol. The summed E-state index contributed by atoms with van der Waals surface area (Å²) >= 11 is 1.97. The van der Waals surface area contributed by atoms with Crippen molar-refractivity contribution in [3.05, 3.63) is 0 Å². The molecule has 110 valence electrons. The van der Waals surface area contributed by atoms with E-state index in [-0.39, 0.29) is 17.0 Å². The van der Waals surface area contributed by atoms with Crippen molar-refractivity contribution in [2.45, 2.75) is 63.5 Å². The van der Waals surface area contributed by atoms with Crippen molar-refractivity contribution >= 4 is 17.9 Å². The number of hydrogen-bond donors (Lipinski definition) is 1. The molecule has 2 fully saturated rings. The van der Waals surface area contributed by atoms with E-state index in [9.17, 15) is 4.79 Å². The molecule has 5 heteroatoms. The van der Waals surface area contributed by atoms with Crippen LogP contribution in [0.15, 0.2) is 0 Å². The highest BCUT2D eigenvalue weighted by molar-refractivity contribution is 8.00. The van der Waals surface area contributed by atoms with Crippen molar-refractivity contribution in [3.63, 3.8) is 0 Å². The molecule has 0 bridgehead atoms. The lowest BCUT2D eigenvalue weighted by atomic mass is 9.96. The molecule has 0 saturated carbocycles. The summed E-state index contributed by atoms with van der Waals surface area (Å²) in [6, 6.07) is 0.182. The zero-order valence-electron chi connectivity index (χ0n) is 12.5. The third-order valence-corrected chi connectivity index (χ3v) is 5.52. The maximum Gasteiger partial charge on any atom is 0.410 e. The van der Waals surface area contributed by atoms with Gasteiger partial charge in [0.2, 0.25) is 0 Å². The number of nitrogens with one attached hydrogen (secondary N) is 1. The molecule has 1 spiro atoms. The van der Waals surface area contributed by atoms with Crippen molar-refractivity contribution < 1.29 is 9.53 Å². The average Bonchev–Trinajstić information content (AvgIpc) is 2.32. The van der Waals surface area contributed by atoms with Gasteiger partial charge in [0.15, 0.2) is 0 Å². The summed E-state index contributed by atoms with van der Waals surface area (Å²) in [6.07, 6.45) is 3.22. The lowest BCUT2D eigenvalue weighted by Gasteiger charge is -2.50. The van der Waals surface area contributed by atoms with Crippen LogP contribution in [0.5, 0.6) is 0 Å². The Morgan fingerprint density at radius 2 is 2.16 bits per heavy atom. The number of hydrogen-bond acceptors (Lipinski definition) is 4. The van der Waals surface area contributed by atoms with Crippen LogP contribution in [-0.4, -0.2) is 46.3 Å². The van der Waals surface area contributed by atoms with Gasteiger partial charge in [0.25, 0.3) is 0 Å². The van der Waals surface area contributed by atoms with E-state index in [4.69, 9.17) is 4.74 Å². The molecule has 2 saturated heterocycles. The van der Waals surface area contributed by atoms with E-state index >= 15 is 0 Å². The molecule has 2 heterocycles. The molecule has 2 unspecified atom stereocenters. The van der Waals surface area contributed by atoms with Gasteiger partial charge >= 0.3 is 6.09 Å². The Labute approximate surface area is 120 Å². The SMILES string of the molecule is CC1N(C(=O)OC(C)(C)C)CCCC12NCCCS2. The van der Waals surface area contributed by atoms with Gasteiger partial charge in [-0.1, -0.05) is 0 Å². The number of thioether (sulfide) groups is 1. The highest BCUT2D eigenvalue weighted by Crippen LogP contribution is 2.40. The van der Waals surface area contributed by atoms with Crippen molar-refractivity contribution in [2.75, 3.05) is 18.8 Å². The summed E-state index contributed by atoms with van der Waals surface area (Å²) in [6.45, 7) is 9.77. The first-order valence-electron chi connectivity index (χ1n) is 7.23. The monoisotopic (exact) mass is 286 g/mol. The number of nitrogens with zero attached hydrogens (tertiary/aromatic N) is 1. The standard InChI is InChI=1S/C14H26N2O2S/c1-11-14(15-8-6-10-19-14)7-5-9-16(11)12(17)18-13(2,3)4/h11,15H,5-10H2,1-4H3. The maximum atomic E-state index is 12.3. The van der Waals surface area contributed by atoms with Gasteiger partial charge in [-0.2, -0.15) is 0 Å². The van der Waals surface area contributed by atoms with Crippen molar-refractivity contribution in [1.29, 1.82) is 0 Å². The van der Waals surface area contributed by atoms with Crippen LogP contribution in [0.4, 0.5) is 4.79 Å². The number of amides is 1. The van der Waals surface area contributed by atoms with Crippen LogP contribution >= 0.6 is 11.8 Å². The largest absolute Gasteiger partial charge is 0.444 e. The number of likely N-dealkylation sites (tertiary alicyclic amines) is 1. The normalized spacial score (nSPS) is 32.4. The van der Waals surface area contributed by atoms with Gasteiger partial charge in [-0.25, -0.2) is 4.79 Å². The molecule has 2 aliphatic heterocycles. The van der Waals surface area contributed by atoms with Crippen LogP contribution in [0.2, 0.25) is 0 Å². The van der Waals surface area contributed by atoms with E-state index in [0.29, 0.717) is 0 Å². The van der Waals surface area contributed by atoms with E-state index in [2.05, 4.69) is 12.2 Å². The second-order valence-corrected chi connectivity index (χ2v) is 7.90. The fourth-order valence-electron chi connectivity index (χ4n) is 2.84. The fraction of sp³-hybridized carbons (Fsp3) is 0.929. The summed E-state index contributed by atoms with van der Waals surface area (Å²) in [7, 11) is 0. The van der Waals surface area contributed by atoms with Gasteiger partial charge in [0.05, 0.1) is 10.9 Å². The van der Waals surface area contributed by atoms with Crippen molar-refractivity contribution in [2.24, 2.45) is 0 Å². The van der Waals surface area contributed by atoms with Crippen LogP contribution < -0.4 is 5.32 Å². The maximum absolute atomic E-state index is 12.3. The first-order chi connectivity index (χ1) is 8.84. The highest BCUT2D eigenvalue weighted by atomic mass is 32.2. The zero-order chi connectivity index (χ0) is 14.1. The molecular formula is C14H26N2O2S. The molecule has 2 atom stereocenters. The molecule has 0 aromatic rings. The Bertz CT molecular complexity index is 329. The lowest BCUT2D eigenvalue weighted by Crippen LogP contribution is -2.64. The molecule has 19 heavy (non-hydrogen) atoms. The second-order valence-electron chi connectivity index (χ2n) is 6.47. The molecule has 1 N–H and O–H groups in total. The van der Waals surface area contributed by atoms with Crippen LogP contribution in [0.3, 0.4) is 0 Å². The molecule has 0 aromatic heterocycles. The molecule has 2 rings (SSSR count). The van der Waals surface area contributed by atoms with Crippen molar-refractivity contribution in [1.82, 2.24) is 10.2 Å². The van der Waals surface area contributed by atoms with E-state index in [0.717, 1.165) is 25.9 Å². The van der Waals surface area contributed by atoms with Crippen LogP contribution in [0.1, 0.15) is 47.0 Å². The third kappa shape index (κ3) is 3.37. The first-order valence-corrected chi connectivity index (χ1v) is 8.21. The van der Waals surface area contributed by atoms with Crippen molar-refractivity contribution in [3.8, 4) is 0 Å². The second kappa shape index (κ2) is 5.52. The molecule has 0 radical (unpaired) electrons. The molecule has 0 aromatic carbocycles. The lowest BCUT2D eigenvalue weighted by molar-refractivity contribution is 0.00386. The van der Waals surface area contributed by atoms with Gasteiger partial charge in [-0.15, -0.1) is 11.8 Å². The van der Waals surface area contributed by atoms with E-state index < -0.39 is 5.60 Å². The highest BCUT2D eigenvalue weighted by Gasteiger charge is 2.45. The minimum Gasteiger partial charge on any atom is -0.444 e. The molecule has 2 aliphatic rings. The van der Waals surface area contributed by atoms with Crippen LogP contribution in [0.25, 0.3) is 0 Å². The van der Waals surface area contributed by atoms with Crippen LogP contribution in [-0.2, 0) is 4.74 Å². The van der Waals surface area contributed by atoms with Gasteiger partial charge < -0.3 is 15.0 Å². The minimum absolute atomic E-state index is 0.0351. The van der Waals surface area contributed by atoms with Gasteiger partial charge in [-0.3, -0.25) is 0 Å². The van der Waals surface area contributed by atoms with E-state index in [1.807, 2.05) is 37.4 Å². The Kier molecular flexibility index (Phi) is 4.35. The Hall–Kier alpha value is -0.420. The van der Waals surface area contributed by atoms with E-state index in [1.54, 1.807) is 0 Å². The third-order valence-electron chi connectivity index (χ3n) is 3.82. The number of rotatable bonds is 0. The predicted molar refractivity (Wildman–Crippen MR) is 79.4 cm³/mol. The Balaban J connectivity index is 2.07. The smallest absolute Gasteiger partial charge is 0.410 e. The minimum atomic E-state index is -0.422. The number of carbonyl (C=O) groups is 1. The fourth-order valence-corrected chi connectivity index (χ4v) is 4.36. The van der Waals surface area contributed by atoms with Crippen LogP contribution in [0, 0.1) is 0 Å². The molecule has 1 amide bonds. The zero-order valence-corrected chi connectivity index (χ0v) is 13.3. The van der Waals surface area contributed by atoms with Gasteiger partial charge in [0.1, 0.15) is 5.60 Å². The number of ether oxygens (including phenoxy) is 1. The van der Waals surface area contributed by atoms with Gasteiger partial charge in [0, 0.05) is 6.54 Å². The summed E-state index contributed by atoms with van der Waals surface area (Å²) in [4.78, 5) is 14.3. The molecular weight excluding hydrogens is 260 g/mol. The summed E-state index contributed by atoms with van der Waals surface area (Å²) in [5, 5.41) is 3.65. The summed E-state index contributed by atoms with van der Waals surface area (Å²) in [5.74, 6) is 1.18. The number of piperidine rings is 1. The predicted octanol–water partition coefficient (Wildman–Crippen LogP) is 2.83. The number of carbonyl (C=O) groups excluding carboxylic acids is 1. The van der Waals surface area contributed by atoms with E-state index in [1.165, 1.54) is 12.2 Å². The topological polar surface area (TPSA) is 41.6 Å². The molecule has 4 nitrogen and oxygen atoms in total. The van der Waals surface area contributed by atoms with Gasteiger partial charge in [-0.05, 0) is 59.3 Å². The Morgan fingerprint density at radius 3 is 2.74 bits per heavy atom. The summed E-state index contributed by atoms with van der Waals surface area (Å²) in [5.41, 5.74) is -0.422. The molecule has 0 aliphatic carbocycles. The Morgan fingerprint density at radius 1 is 1.42 bits per heavy atom. The first kappa shape index (κ1) is 15.0.